The smallest absolute Gasteiger partial charge is 0.271 e. The van der Waals surface area contributed by atoms with E-state index in [-0.39, 0.29) is 17.1 Å². The van der Waals surface area contributed by atoms with Gasteiger partial charge in [-0.1, -0.05) is 0 Å². The number of amides is 1. The fourth-order valence-electron chi connectivity index (χ4n) is 1.65. The van der Waals surface area contributed by atoms with Crippen LogP contribution in [0.1, 0.15) is 16.1 Å². The maximum absolute atomic E-state index is 12.0. The molecule has 0 saturated heterocycles. The molecule has 2 aromatic rings. The third-order valence-corrected chi connectivity index (χ3v) is 2.92. The van der Waals surface area contributed by atoms with Crippen LogP contribution in [0.3, 0.4) is 0 Å². The molecular weight excluding hydrogens is 264 g/mol. The van der Waals surface area contributed by atoms with Gasteiger partial charge in [0.05, 0.1) is 22.4 Å². The maximum atomic E-state index is 12.0. The number of non-ortho nitro benzene ring substituents is 1. The monoisotopic (exact) mass is 276 g/mol. The molecule has 0 fully saturated rings. The van der Waals surface area contributed by atoms with Crippen molar-refractivity contribution in [3.8, 4) is 5.75 Å². The number of phenols is 1. The summed E-state index contributed by atoms with van der Waals surface area (Å²) in [5.74, 6) is -0.739. The van der Waals surface area contributed by atoms with Crippen LogP contribution in [0.4, 0.5) is 11.4 Å². The number of rotatable bonds is 3. The number of carbonyl (C=O) groups excluding carboxylic acids is 1. The fraction of sp³-hybridized carbons (Fsp3) is 0.167. The number of aromatic hydroxyl groups is 1. The molecule has 8 heteroatoms. The first-order valence-corrected chi connectivity index (χ1v) is 5.67. The fourth-order valence-corrected chi connectivity index (χ4v) is 1.65. The molecule has 0 radical (unpaired) electrons. The quantitative estimate of drug-likeness (QED) is 0.502. The van der Waals surface area contributed by atoms with Crippen LogP contribution in [0, 0.1) is 17.0 Å². The number of aryl methyl sites for hydroxylation is 1. The van der Waals surface area contributed by atoms with Gasteiger partial charge in [0, 0.05) is 24.9 Å². The average molecular weight is 276 g/mol. The Balaban J connectivity index is 2.30. The number of nitrogens with zero attached hydrogens (tertiary/aromatic N) is 3. The molecule has 2 N–H and O–H groups in total. The van der Waals surface area contributed by atoms with Gasteiger partial charge in [-0.3, -0.25) is 19.6 Å². The minimum absolute atomic E-state index is 0.0209. The molecule has 0 atom stereocenters. The van der Waals surface area contributed by atoms with Gasteiger partial charge in [0.1, 0.15) is 5.75 Å². The number of phenolic OH excluding ortho intramolecular Hbond substituents is 1. The van der Waals surface area contributed by atoms with Crippen molar-refractivity contribution in [1.82, 2.24) is 9.78 Å². The van der Waals surface area contributed by atoms with Crippen LogP contribution in [0.5, 0.6) is 5.75 Å². The predicted molar refractivity (Wildman–Crippen MR) is 70.7 cm³/mol. The summed E-state index contributed by atoms with van der Waals surface area (Å²) in [6.45, 7) is 1.72. The summed E-state index contributed by atoms with van der Waals surface area (Å²) in [6, 6.07) is 3.41. The standard InChI is InChI=1S/C12H12N4O4/c1-7-9(6-13-15(7)2)12(18)14-10-5-8(16(19)20)3-4-11(10)17/h3-6,17H,1-2H3,(H,14,18). The van der Waals surface area contributed by atoms with Crippen LogP contribution < -0.4 is 5.32 Å². The second kappa shape index (κ2) is 5.00. The number of aromatic nitrogens is 2. The Bertz CT molecular complexity index is 693. The predicted octanol–water partition coefficient (Wildman–Crippen LogP) is 1.59. The zero-order valence-electron chi connectivity index (χ0n) is 10.8. The van der Waals surface area contributed by atoms with Gasteiger partial charge in [-0.15, -0.1) is 0 Å². The van der Waals surface area contributed by atoms with Gasteiger partial charge in [0.25, 0.3) is 11.6 Å². The number of anilines is 1. The second-order valence-corrected chi connectivity index (χ2v) is 4.18. The highest BCUT2D eigenvalue weighted by Gasteiger charge is 2.16. The van der Waals surface area contributed by atoms with Crippen molar-refractivity contribution in [2.75, 3.05) is 5.32 Å². The number of carbonyl (C=O) groups is 1. The summed E-state index contributed by atoms with van der Waals surface area (Å²) in [5.41, 5.74) is 0.735. The highest BCUT2D eigenvalue weighted by molar-refractivity contribution is 6.05. The molecule has 0 aliphatic carbocycles. The Morgan fingerprint density at radius 3 is 2.75 bits per heavy atom. The summed E-state index contributed by atoms with van der Waals surface area (Å²) in [5, 5.41) is 26.7. The lowest BCUT2D eigenvalue weighted by atomic mass is 10.2. The van der Waals surface area contributed by atoms with E-state index in [0.717, 1.165) is 18.2 Å². The van der Waals surface area contributed by atoms with Crippen molar-refractivity contribution in [1.29, 1.82) is 0 Å². The van der Waals surface area contributed by atoms with Crippen molar-refractivity contribution >= 4 is 17.3 Å². The molecule has 1 amide bonds. The van der Waals surface area contributed by atoms with Gasteiger partial charge in [0.2, 0.25) is 0 Å². The molecule has 8 nitrogen and oxygen atoms in total. The highest BCUT2D eigenvalue weighted by atomic mass is 16.6. The lowest BCUT2D eigenvalue weighted by Crippen LogP contribution is -2.13. The number of nitro groups is 1. The summed E-state index contributed by atoms with van der Waals surface area (Å²) in [7, 11) is 1.69. The first-order valence-electron chi connectivity index (χ1n) is 5.67. The van der Waals surface area contributed by atoms with E-state index in [4.69, 9.17) is 0 Å². The Morgan fingerprint density at radius 1 is 1.50 bits per heavy atom. The van der Waals surface area contributed by atoms with Crippen LogP contribution in [0.15, 0.2) is 24.4 Å². The first-order chi connectivity index (χ1) is 9.40. The minimum atomic E-state index is -0.607. The van der Waals surface area contributed by atoms with Crippen LogP contribution in [0.2, 0.25) is 0 Å². The Hall–Kier alpha value is -2.90. The molecular formula is C12H12N4O4. The van der Waals surface area contributed by atoms with Gasteiger partial charge in [0.15, 0.2) is 0 Å². The maximum Gasteiger partial charge on any atom is 0.271 e. The van der Waals surface area contributed by atoms with Crippen LogP contribution in [-0.2, 0) is 7.05 Å². The van der Waals surface area contributed by atoms with Crippen molar-refractivity contribution in [3.63, 3.8) is 0 Å². The van der Waals surface area contributed by atoms with Crippen molar-refractivity contribution < 1.29 is 14.8 Å². The lowest BCUT2D eigenvalue weighted by Gasteiger charge is -2.06. The van der Waals surface area contributed by atoms with Gasteiger partial charge in [-0.25, -0.2) is 0 Å². The van der Waals surface area contributed by atoms with E-state index in [1.807, 2.05) is 0 Å². The summed E-state index contributed by atoms with van der Waals surface area (Å²) < 4.78 is 1.53. The molecule has 20 heavy (non-hydrogen) atoms. The Labute approximate surface area is 113 Å². The van der Waals surface area contributed by atoms with E-state index < -0.39 is 10.8 Å². The van der Waals surface area contributed by atoms with E-state index in [1.54, 1.807) is 14.0 Å². The van der Waals surface area contributed by atoms with Gasteiger partial charge >= 0.3 is 0 Å². The first kappa shape index (κ1) is 13.5. The van der Waals surface area contributed by atoms with Crippen LogP contribution in [-0.4, -0.2) is 25.7 Å². The summed E-state index contributed by atoms with van der Waals surface area (Å²) in [4.78, 5) is 22.1. The van der Waals surface area contributed by atoms with Gasteiger partial charge in [-0.2, -0.15) is 5.10 Å². The highest BCUT2D eigenvalue weighted by Crippen LogP contribution is 2.28. The number of nitro benzene ring substituents is 1. The number of nitrogens with one attached hydrogen (secondary N) is 1. The Morgan fingerprint density at radius 2 is 2.20 bits per heavy atom. The molecule has 1 aromatic carbocycles. The summed E-state index contributed by atoms with van der Waals surface area (Å²) >= 11 is 0. The van der Waals surface area contributed by atoms with E-state index >= 15 is 0 Å². The van der Waals surface area contributed by atoms with Crippen LogP contribution >= 0.6 is 0 Å². The molecule has 0 aliphatic rings. The van der Waals surface area contributed by atoms with Crippen molar-refractivity contribution in [3.05, 3.63) is 45.8 Å². The largest absolute Gasteiger partial charge is 0.506 e. The average Bonchev–Trinajstić information content (AvgIpc) is 2.72. The van der Waals surface area contributed by atoms with E-state index in [1.165, 1.54) is 10.9 Å². The molecule has 1 heterocycles. The second-order valence-electron chi connectivity index (χ2n) is 4.18. The molecule has 0 unspecified atom stereocenters. The number of hydrogen-bond donors (Lipinski definition) is 2. The van der Waals surface area contributed by atoms with Gasteiger partial charge in [-0.05, 0) is 13.0 Å². The molecule has 1 aromatic heterocycles. The molecule has 104 valence electrons. The van der Waals surface area contributed by atoms with Crippen LogP contribution in [0.25, 0.3) is 0 Å². The molecule has 0 aliphatic heterocycles. The van der Waals surface area contributed by atoms with E-state index in [0.29, 0.717) is 11.3 Å². The normalized spacial score (nSPS) is 10.3. The van der Waals surface area contributed by atoms with Gasteiger partial charge < -0.3 is 10.4 Å². The molecule has 0 saturated carbocycles. The molecule has 0 spiro atoms. The van der Waals surface area contributed by atoms with E-state index in [9.17, 15) is 20.0 Å². The topological polar surface area (TPSA) is 110 Å². The third-order valence-electron chi connectivity index (χ3n) is 2.92. The number of benzene rings is 1. The zero-order valence-corrected chi connectivity index (χ0v) is 10.8. The third kappa shape index (κ3) is 2.44. The Kier molecular flexibility index (Phi) is 3.38. The number of hydrogen-bond acceptors (Lipinski definition) is 5. The minimum Gasteiger partial charge on any atom is -0.506 e. The molecule has 0 bridgehead atoms. The lowest BCUT2D eigenvalue weighted by molar-refractivity contribution is -0.384. The SMILES string of the molecule is Cc1c(C(=O)Nc2cc([N+](=O)[O-])ccc2O)cnn1C. The van der Waals surface area contributed by atoms with Crippen molar-refractivity contribution in [2.45, 2.75) is 6.92 Å². The van der Waals surface area contributed by atoms with Crippen molar-refractivity contribution in [2.24, 2.45) is 7.05 Å². The zero-order chi connectivity index (χ0) is 14.9. The summed E-state index contributed by atoms with van der Waals surface area (Å²) in [6.07, 6.45) is 1.39. The molecule has 2 rings (SSSR count). The van der Waals surface area contributed by atoms with E-state index in [2.05, 4.69) is 10.4 Å².